The van der Waals surface area contributed by atoms with Gasteiger partial charge in [0.15, 0.2) is 0 Å². The van der Waals surface area contributed by atoms with Gasteiger partial charge in [-0.15, -0.1) is 0 Å². The number of hydrogen-bond donors (Lipinski definition) is 2. The van der Waals surface area contributed by atoms with Crippen LogP contribution in [0, 0.1) is 0 Å². The van der Waals surface area contributed by atoms with E-state index < -0.39 is 5.60 Å². The van der Waals surface area contributed by atoms with Gasteiger partial charge in [-0.2, -0.15) is 0 Å². The van der Waals surface area contributed by atoms with Gasteiger partial charge in [-0.3, -0.25) is 4.90 Å². The Bertz CT molecular complexity index is 728. The van der Waals surface area contributed by atoms with Crippen molar-refractivity contribution in [2.24, 2.45) is 0 Å². The van der Waals surface area contributed by atoms with Crippen molar-refractivity contribution < 1.29 is 14.9 Å². The minimum absolute atomic E-state index is 0.0486. The van der Waals surface area contributed by atoms with Crippen LogP contribution in [0.15, 0.2) is 54.6 Å². The molecule has 2 unspecified atom stereocenters. The molecule has 2 N–H and O–H groups in total. The van der Waals surface area contributed by atoms with Crippen LogP contribution >= 0.6 is 0 Å². The second kappa shape index (κ2) is 11.5. The van der Waals surface area contributed by atoms with Gasteiger partial charge in [0.2, 0.25) is 0 Å². The molecule has 0 saturated carbocycles. The molecule has 1 saturated heterocycles. The van der Waals surface area contributed by atoms with E-state index in [0.29, 0.717) is 6.42 Å². The van der Waals surface area contributed by atoms with Gasteiger partial charge in [-0.25, -0.2) is 0 Å². The second-order valence-corrected chi connectivity index (χ2v) is 8.51. The number of aromatic hydroxyl groups is 1. The zero-order valence-electron chi connectivity index (χ0n) is 18.3. The summed E-state index contributed by atoms with van der Waals surface area (Å²) in [6.07, 6.45) is 6.50. The third-order valence-electron chi connectivity index (χ3n) is 6.35. The average molecular weight is 412 g/mol. The molecular weight excluding hydrogens is 374 g/mol. The van der Waals surface area contributed by atoms with Crippen molar-refractivity contribution in [1.29, 1.82) is 0 Å². The minimum atomic E-state index is -0.987. The predicted octanol–water partition coefficient (Wildman–Crippen LogP) is 5.06. The van der Waals surface area contributed by atoms with E-state index >= 15 is 0 Å². The molecule has 2 aromatic carbocycles. The summed E-state index contributed by atoms with van der Waals surface area (Å²) in [7, 11) is 0. The Balaban J connectivity index is 1.90. The Labute approximate surface area is 181 Å². The quantitative estimate of drug-likeness (QED) is 0.508. The monoisotopic (exact) mass is 411 g/mol. The van der Waals surface area contributed by atoms with Gasteiger partial charge < -0.3 is 14.9 Å². The maximum absolute atomic E-state index is 12.2. The molecule has 1 aliphatic heterocycles. The summed E-state index contributed by atoms with van der Waals surface area (Å²) in [5.41, 5.74) is 1.06. The summed E-state index contributed by atoms with van der Waals surface area (Å²) < 4.78 is 5.54. The third kappa shape index (κ3) is 6.07. The molecule has 3 rings (SSSR count). The Kier molecular flexibility index (Phi) is 8.74. The molecule has 0 radical (unpaired) electrons. The first-order valence-electron chi connectivity index (χ1n) is 11.5. The normalized spacial score (nSPS) is 18.1. The van der Waals surface area contributed by atoms with Crippen molar-refractivity contribution in [3.05, 3.63) is 65.7 Å². The number of aliphatic hydroxyl groups is 1. The van der Waals surface area contributed by atoms with Gasteiger partial charge in [0.05, 0.1) is 18.8 Å². The summed E-state index contributed by atoms with van der Waals surface area (Å²) >= 11 is 0. The van der Waals surface area contributed by atoms with Gasteiger partial charge in [0, 0.05) is 25.6 Å². The van der Waals surface area contributed by atoms with Crippen LogP contribution in [0.1, 0.15) is 62.5 Å². The molecule has 4 nitrogen and oxygen atoms in total. The maximum Gasteiger partial charge on any atom is 0.115 e. The van der Waals surface area contributed by atoms with Crippen LogP contribution < -0.4 is 0 Å². The molecule has 0 aromatic heterocycles. The molecule has 1 aliphatic rings. The van der Waals surface area contributed by atoms with Crippen LogP contribution in [0.3, 0.4) is 0 Å². The second-order valence-electron chi connectivity index (χ2n) is 8.51. The number of unbranched alkanes of at least 4 members (excludes halogenated alkanes) is 4. The molecule has 2 aromatic rings. The van der Waals surface area contributed by atoms with Crippen molar-refractivity contribution in [2.75, 3.05) is 32.8 Å². The largest absolute Gasteiger partial charge is 0.508 e. The first-order valence-corrected chi connectivity index (χ1v) is 11.5. The Hall–Kier alpha value is -1.88. The number of nitrogens with zero attached hydrogens (tertiary/aromatic N) is 1. The zero-order chi connectivity index (χ0) is 21.2. The van der Waals surface area contributed by atoms with Crippen LogP contribution in [0.4, 0.5) is 0 Å². The fourth-order valence-electron chi connectivity index (χ4n) is 4.53. The molecule has 4 heteroatoms. The Morgan fingerprint density at radius 1 is 0.933 bits per heavy atom. The van der Waals surface area contributed by atoms with E-state index in [1.54, 1.807) is 12.1 Å². The molecule has 30 heavy (non-hydrogen) atoms. The highest BCUT2D eigenvalue weighted by Crippen LogP contribution is 2.42. The van der Waals surface area contributed by atoms with Gasteiger partial charge in [-0.1, -0.05) is 81.5 Å². The lowest BCUT2D eigenvalue weighted by atomic mass is 9.74. The Morgan fingerprint density at radius 3 is 2.27 bits per heavy atom. The van der Waals surface area contributed by atoms with E-state index in [0.717, 1.165) is 56.8 Å². The van der Waals surface area contributed by atoms with Crippen LogP contribution in [-0.4, -0.2) is 48.0 Å². The minimum Gasteiger partial charge on any atom is -0.508 e. The SMILES string of the molecule is CCCCCCCC(O)(c1ccc(O)cc1)C(CN1CCOCC1)c1ccccc1. The third-order valence-corrected chi connectivity index (χ3v) is 6.35. The van der Waals surface area contributed by atoms with Crippen molar-refractivity contribution in [3.8, 4) is 5.75 Å². The molecule has 0 aliphatic carbocycles. The average Bonchev–Trinajstić information content (AvgIpc) is 2.79. The molecular formula is C26H37NO3. The van der Waals surface area contributed by atoms with Crippen molar-refractivity contribution in [2.45, 2.75) is 57.0 Å². The van der Waals surface area contributed by atoms with Gasteiger partial charge in [0.1, 0.15) is 5.75 Å². The summed E-state index contributed by atoms with van der Waals surface area (Å²) in [5.74, 6) is 0.181. The number of phenols is 1. The standard InChI is InChI=1S/C26H37NO3/c1-2-3-4-5-9-16-26(29,23-12-14-24(28)15-13-23)25(22-10-7-6-8-11-22)21-27-17-19-30-20-18-27/h6-8,10-15,25,28-29H,2-5,9,16-21H2,1H3. The van der Waals surface area contributed by atoms with Gasteiger partial charge in [0.25, 0.3) is 0 Å². The number of hydrogen-bond acceptors (Lipinski definition) is 4. The molecule has 1 fully saturated rings. The van der Waals surface area contributed by atoms with Crippen molar-refractivity contribution >= 4 is 0 Å². The molecule has 0 amide bonds. The van der Waals surface area contributed by atoms with Crippen molar-refractivity contribution in [1.82, 2.24) is 4.90 Å². The fraction of sp³-hybridized carbons (Fsp3) is 0.538. The van der Waals surface area contributed by atoms with E-state index in [4.69, 9.17) is 4.74 Å². The lowest BCUT2D eigenvalue weighted by Gasteiger charge is -2.41. The lowest BCUT2D eigenvalue weighted by molar-refractivity contribution is -0.0296. The number of morpholine rings is 1. The van der Waals surface area contributed by atoms with Crippen LogP contribution in [0.2, 0.25) is 0 Å². The highest BCUT2D eigenvalue weighted by Gasteiger charge is 2.40. The number of benzene rings is 2. The van der Waals surface area contributed by atoms with Crippen LogP contribution in [0.25, 0.3) is 0 Å². The van der Waals surface area contributed by atoms with Crippen molar-refractivity contribution in [3.63, 3.8) is 0 Å². The zero-order valence-corrected chi connectivity index (χ0v) is 18.3. The van der Waals surface area contributed by atoms with Crippen LogP contribution in [-0.2, 0) is 10.3 Å². The lowest BCUT2D eigenvalue weighted by Crippen LogP contribution is -2.45. The first-order chi connectivity index (χ1) is 14.6. The first kappa shape index (κ1) is 22.8. The number of rotatable bonds is 11. The summed E-state index contributed by atoms with van der Waals surface area (Å²) in [5, 5.41) is 22.0. The molecule has 0 bridgehead atoms. The summed E-state index contributed by atoms with van der Waals surface area (Å²) in [4.78, 5) is 2.41. The van der Waals surface area contributed by atoms with E-state index in [2.05, 4.69) is 36.1 Å². The molecule has 164 valence electrons. The van der Waals surface area contributed by atoms with Gasteiger partial charge >= 0.3 is 0 Å². The number of ether oxygens (including phenoxy) is 1. The smallest absolute Gasteiger partial charge is 0.115 e. The maximum atomic E-state index is 12.2. The summed E-state index contributed by atoms with van der Waals surface area (Å²) in [6, 6.07) is 17.6. The molecule has 2 atom stereocenters. The topological polar surface area (TPSA) is 52.9 Å². The van der Waals surface area contributed by atoms with Gasteiger partial charge in [-0.05, 0) is 29.7 Å². The fourth-order valence-corrected chi connectivity index (χ4v) is 4.53. The Morgan fingerprint density at radius 2 is 1.60 bits per heavy atom. The van der Waals surface area contributed by atoms with E-state index in [9.17, 15) is 10.2 Å². The molecule has 1 heterocycles. The van der Waals surface area contributed by atoms with E-state index in [1.165, 1.54) is 19.3 Å². The van der Waals surface area contributed by atoms with Crippen LogP contribution in [0.5, 0.6) is 5.75 Å². The highest BCUT2D eigenvalue weighted by atomic mass is 16.5. The predicted molar refractivity (Wildman–Crippen MR) is 122 cm³/mol. The summed E-state index contributed by atoms with van der Waals surface area (Å²) in [6.45, 7) is 6.30. The van der Waals surface area contributed by atoms with E-state index in [1.807, 2.05) is 18.2 Å². The number of phenolic OH excluding ortho intramolecular Hbond substituents is 1. The highest BCUT2D eigenvalue weighted by molar-refractivity contribution is 5.35. The molecule has 0 spiro atoms. The van der Waals surface area contributed by atoms with E-state index in [-0.39, 0.29) is 11.7 Å².